The number of nitrogens with zero attached hydrogens (tertiary/aromatic N) is 2. The van der Waals surface area contributed by atoms with Gasteiger partial charge in [-0.25, -0.2) is 0 Å². The van der Waals surface area contributed by atoms with E-state index in [1.54, 1.807) is 14.2 Å². The minimum atomic E-state index is -0.793. The molecule has 5 aromatic rings. The lowest BCUT2D eigenvalue weighted by Crippen LogP contribution is -2.32. The first-order valence-corrected chi connectivity index (χ1v) is 11.1. The van der Waals surface area contributed by atoms with E-state index in [1.165, 1.54) is 0 Å². The van der Waals surface area contributed by atoms with Gasteiger partial charge in [-0.1, -0.05) is 54.6 Å². The van der Waals surface area contributed by atoms with Gasteiger partial charge in [-0.15, -0.1) is 0 Å². The number of methoxy groups -OCH3 is 2. The Morgan fingerprint density at radius 1 is 0.706 bits per heavy atom. The summed E-state index contributed by atoms with van der Waals surface area (Å²) in [5.74, 6) is 2.21. The summed E-state index contributed by atoms with van der Waals surface area (Å²) in [5, 5.41) is 0.598. The monoisotopic (exact) mass is 446 g/mol. The van der Waals surface area contributed by atoms with Crippen molar-refractivity contribution in [1.82, 2.24) is 9.55 Å². The highest BCUT2D eigenvalue weighted by Crippen LogP contribution is 2.52. The predicted molar refractivity (Wildman–Crippen MR) is 132 cm³/mol. The lowest BCUT2D eigenvalue weighted by atomic mass is 9.70. The van der Waals surface area contributed by atoms with Gasteiger partial charge >= 0.3 is 0 Å². The highest BCUT2D eigenvalue weighted by Gasteiger charge is 2.48. The van der Waals surface area contributed by atoms with Crippen LogP contribution in [0.15, 0.2) is 102 Å². The fraction of sp³-hybridized carbons (Fsp3) is 0.103. The fourth-order valence-electron chi connectivity index (χ4n) is 5.19. The number of benzene rings is 4. The summed E-state index contributed by atoms with van der Waals surface area (Å²) in [4.78, 5) is 18.0. The number of fused-ring (bicyclic) bond motifs is 5. The molecule has 0 aliphatic carbocycles. The molecule has 1 aliphatic heterocycles. The highest BCUT2D eigenvalue weighted by atomic mass is 16.5. The summed E-state index contributed by atoms with van der Waals surface area (Å²) in [6.07, 6.45) is 0. The van der Waals surface area contributed by atoms with Crippen molar-refractivity contribution in [3.05, 3.63) is 130 Å². The van der Waals surface area contributed by atoms with Crippen LogP contribution >= 0.6 is 0 Å². The Labute approximate surface area is 196 Å². The minimum absolute atomic E-state index is 0.235. The Kier molecular flexibility index (Phi) is 4.52. The Bertz CT molecular complexity index is 1540. The summed E-state index contributed by atoms with van der Waals surface area (Å²) in [6, 6.07) is 31.9. The lowest BCUT2D eigenvalue weighted by molar-refractivity contribution is 0.414. The van der Waals surface area contributed by atoms with E-state index in [-0.39, 0.29) is 5.56 Å². The van der Waals surface area contributed by atoms with Crippen LogP contribution in [0.25, 0.3) is 16.6 Å². The third-order valence-corrected chi connectivity index (χ3v) is 6.73. The molecular weight excluding hydrogens is 424 g/mol. The van der Waals surface area contributed by atoms with E-state index in [0.717, 1.165) is 39.4 Å². The van der Waals surface area contributed by atoms with Crippen molar-refractivity contribution < 1.29 is 9.47 Å². The van der Waals surface area contributed by atoms with Crippen molar-refractivity contribution in [3.63, 3.8) is 0 Å². The van der Waals surface area contributed by atoms with Crippen molar-refractivity contribution in [2.45, 2.75) is 5.41 Å². The molecule has 2 heterocycles. The number of hydrogen-bond acceptors (Lipinski definition) is 4. The molecule has 0 saturated carbocycles. The zero-order valence-corrected chi connectivity index (χ0v) is 18.9. The van der Waals surface area contributed by atoms with E-state index < -0.39 is 5.41 Å². The smallest absolute Gasteiger partial charge is 0.280 e. The van der Waals surface area contributed by atoms with Gasteiger partial charge in [0.05, 0.1) is 30.8 Å². The Morgan fingerprint density at radius 3 is 1.88 bits per heavy atom. The Balaban J connectivity index is 1.80. The summed E-state index contributed by atoms with van der Waals surface area (Å²) in [7, 11) is 3.31. The van der Waals surface area contributed by atoms with Gasteiger partial charge in [0.25, 0.3) is 5.56 Å². The number of ether oxygens (including phenoxy) is 2. The second-order valence-corrected chi connectivity index (χ2v) is 8.32. The third kappa shape index (κ3) is 2.67. The van der Waals surface area contributed by atoms with Crippen molar-refractivity contribution in [1.29, 1.82) is 0 Å². The zero-order valence-electron chi connectivity index (χ0n) is 18.9. The Morgan fingerprint density at radius 2 is 1.26 bits per heavy atom. The van der Waals surface area contributed by atoms with Crippen molar-refractivity contribution in [3.8, 4) is 17.2 Å². The van der Waals surface area contributed by atoms with Gasteiger partial charge in [-0.2, -0.15) is 4.98 Å². The van der Waals surface area contributed by atoms with Crippen LogP contribution in [0.1, 0.15) is 22.5 Å². The second-order valence-electron chi connectivity index (χ2n) is 8.32. The topological polar surface area (TPSA) is 53.4 Å². The normalized spacial score (nSPS) is 13.4. The molecule has 1 aromatic heterocycles. The molecular formula is C29H22N2O3. The SMILES string of the molecule is COc1ccc(C2(c3ccc(OC)cc3)c3ccccc3-n3c2nc(=O)c2ccccc23)cc1. The molecule has 0 unspecified atom stereocenters. The van der Waals surface area contributed by atoms with Crippen LogP contribution in [-0.4, -0.2) is 23.8 Å². The van der Waals surface area contributed by atoms with Crippen LogP contribution in [-0.2, 0) is 5.41 Å². The molecule has 34 heavy (non-hydrogen) atoms. The van der Waals surface area contributed by atoms with E-state index in [0.29, 0.717) is 11.2 Å². The average Bonchev–Trinajstić information content (AvgIpc) is 3.20. The lowest BCUT2D eigenvalue weighted by Gasteiger charge is -2.31. The maximum atomic E-state index is 13.3. The summed E-state index contributed by atoms with van der Waals surface area (Å²) < 4.78 is 13.0. The molecule has 5 heteroatoms. The molecule has 0 amide bonds. The molecule has 0 atom stereocenters. The van der Waals surface area contributed by atoms with Crippen LogP contribution in [0.5, 0.6) is 11.5 Å². The maximum absolute atomic E-state index is 13.3. The molecule has 5 nitrogen and oxygen atoms in total. The van der Waals surface area contributed by atoms with Gasteiger partial charge in [-0.05, 0) is 59.2 Å². The zero-order chi connectivity index (χ0) is 23.3. The van der Waals surface area contributed by atoms with Gasteiger partial charge in [0.2, 0.25) is 0 Å². The van der Waals surface area contributed by atoms with Gasteiger partial charge < -0.3 is 9.47 Å². The number of para-hydroxylation sites is 2. The summed E-state index contributed by atoms with van der Waals surface area (Å²) in [6.45, 7) is 0. The number of rotatable bonds is 4. The van der Waals surface area contributed by atoms with E-state index in [2.05, 4.69) is 41.0 Å². The fourth-order valence-corrected chi connectivity index (χ4v) is 5.19. The van der Waals surface area contributed by atoms with E-state index >= 15 is 0 Å². The number of hydrogen-bond donors (Lipinski definition) is 0. The standard InChI is InChI=1S/C29H22N2O3/c1-33-21-15-11-19(12-16-21)29(20-13-17-22(34-2)18-14-20)24-8-4-6-10-26(24)31-25-9-5-3-7-23(25)27(32)30-28(29)31/h3-18H,1-2H3. The Hall–Kier alpha value is -4.38. The first-order valence-electron chi connectivity index (χ1n) is 11.1. The summed E-state index contributed by atoms with van der Waals surface area (Å²) >= 11 is 0. The number of aromatic nitrogens is 2. The first-order chi connectivity index (χ1) is 16.7. The van der Waals surface area contributed by atoms with Gasteiger partial charge in [0.15, 0.2) is 0 Å². The molecule has 4 aromatic carbocycles. The van der Waals surface area contributed by atoms with Crippen LogP contribution in [0.2, 0.25) is 0 Å². The predicted octanol–water partition coefficient (Wildman–Crippen LogP) is 5.10. The van der Waals surface area contributed by atoms with Gasteiger partial charge in [0, 0.05) is 0 Å². The van der Waals surface area contributed by atoms with E-state index in [4.69, 9.17) is 14.5 Å². The molecule has 0 bridgehead atoms. The molecule has 0 N–H and O–H groups in total. The van der Waals surface area contributed by atoms with Crippen LogP contribution < -0.4 is 15.0 Å². The first kappa shape index (κ1) is 20.2. The summed E-state index contributed by atoms with van der Waals surface area (Å²) in [5.41, 5.74) is 3.88. The quantitative estimate of drug-likeness (QED) is 0.378. The van der Waals surface area contributed by atoms with Crippen LogP contribution in [0.4, 0.5) is 0 Å². The third-order valence-electron chi connectivity index (χ3n) is 6.73. The average molecular weight is 447 g/mol. The van der Waals surface area contributed by atoms with Gasteiger partial charge in [-0.3, -0.25) is 9.36 Å². The molecule has 0 fully saturated rings. The van der Waals surface area contributed by atoms with Crippen LogP contribution in [0.3, 0.4) is 0 Å². The van der Waals surface area contributed by atoms with Crippen molar-refractivity contribution in [2.24, 2.45) is 0 Å². The second kappa shape index (κ2) is 7.59. The molecule has 0 spiro atoms. The van der Waals surface area contributed by atoms with E-state index in [9.17, 15) is 4.79 Å². The molecule has 0 saturated heterocycles. The molecule has 6 rings (SSSR count). The van der Waals surface area contributed by atoms with Crippen molar-refractivity contribution >= 4 is 10.9 Å². The maximum Gasteiger partial charge on any atom is 0.280 e. The van der Waals surface area contributed by atoms with Gasteiger partial charge in [0.1, 0.15) is 22.7 Å². The molecule has 166 valence electrons. The van der Waals surface area contributed by atoms with Crippen LogP contribution in [0, 0.1) is 0 Å². The highest BCUT2D eigenvalue weighted by molar-refractivity contribution is 5.83. The molecule has 0 radical (unpaired) electrons. The minimum Gasteiger partial charge on any atom is -0.497 e. The van der Waals surface area contributed by atoms with E-state index in [1.807, 2.05) is 60.7 Å². The molecule has 1 aliphatic rings. The largest absolute Gasteiger partial charge is 0.497 e. The van der Waals surface area contributed by atoms with Crippen molar-refractivity contribution in [2.75, 3.05) is 14.2 Å².